The summed E-state index contributed by atoms with van der Waals surface area (Å²) in [4.78, 5) is 10.7. The fourth-order valence-corrected chi connectivity index (χ4v) is 2.64. The Labute approximate surface area is 113 Å². The van der Waals surface area contributed by atoms with E-state index in [4.69, 9.17) is 4.74 Å². The summed E-state index contributed by atoms with van der Waals surface area (Å²) >= 11 is 0. The number of benzene rings is 1. The van der Waals surface area contributed by atoms with Gasteiger partial charge in [0.25, 0.3) is 5.69 Å². The van der Waals surface area contributed by atoms with E-state index in [1.54, 1.807) is 12.1 Å². The van der Waals surface area contributed by atoms with Crippen molar-refractivity contribution < 1.29 is 9.66 Å². The number of nitrogens with one attached hydrogen (secondary N) is 1. The van der Waals surface area contributed by atoms with Gasteiger partial charge in [-0.3, -0.25) is 10.1 Å². The highest BCUT2D eigenvalue weighted by atomic mass is 16.6. The zero-order valence-electron chi connectivity index (χ0n) is 11.2. The lowest BCUT2D eigenvalue weighted by Gasteiger charge is -2.23. The van der Waals surface area contributed by atoms with Gasteiger partial charge in [0.15, 0.2) is 0 Å². The van der Waals surface area contributed by atoms with Crippen LogP contribution in [-0.2, 0) is 11.2 Å². The van der Waals surface area contributed by atoms with Gasteiger partial charge in [-0.25, -0.2) is 0 Å². The SMILES string of the molecule is CCNC(Cc1ccccc1[N+](=O)[O-])C1CCOC1. The number of nitrogens with zero attached hydrogens (tertiary/aromatic N) is 1. The van der Waals surface area contributed by atoms with Crippen LogP contribution in [0.1, 0.15) is 18.9 Å². The Bertz CT molecular complexity index is 430. The molecule has 1 N–H and O–H groups in total. The van der Waals surface area contributed by atoms with E-state index in [0.717, 1.165) is 31.7 Å². The van der Waals surface area contributed by atoms with Crippen molar-refractivity contribution in [3.05, 3.63) is 39.9 Å². The molecule has 2 rings (SSSR count). The summed E-state index contributed by atoms with van der Waals surface area (Å²) in [6, 6.07) is 7.23. The van der Waals surface area contributed by atoms with Gasteiger partial charge in [0, 0.05) is 30.2 Å². The number of likely N-dealkylation sites (N-methyl/N-ethyl adjacent to an activating group) is 1. The van der Waals surface area contributed by atoms with E-state index in [1.807, 2.05) is 12.1 Å². The first-order chi connectivity index (χ1) is 9.22. The molecule has 2 unspecified atom stereocenters. The minimum Gasteiger partial charge on any atom is -0.381 e. The smallest absolute Gasteiger partial charge is 0.272 e. The highest BCUT2D eigenvalue weighted by Crippen LogP contribution is 2.24. The molecule has 5 nitrogen and oxygen atoms in total. The van der Waals surface area contributed by atoms with Crippen molar-refractivity contribution >= 4 is 5.69 Å². The van der Waals surface area contributed by atoms with E-state index in [0.29, 0.717) is 12.3 Å². The number of hydrogen-bond donors (Lipinski definition) is 1. The van der Waals surface area contributed by atoms with Gasteiger partial charge in [-0.05, 0) is 19.4 Å². The summed E-state index contributed by atoms with van der Waals surface area (Å²) < 4.78 is 5.43. The molecule has 0 aromatic heterocycles. The van der Waals surface area contributed by atoms with E-state index in [1.165, 1.54) is 0 Å². The molecular formula is C14H20N2O3. The predicted molar refractivity (Wildman–Crippen MR) is 73.2 cm³/mol. The Hall–Kier alpha value is -1.46. The molecule has 1 saturated heterocycles. The van der Waals surface area contributed by atoms with Gasteiger partial charge in [-0.15, -0.1) is 0 Å². The molecule has 2 atom stereocenters. The van der Waals surface area contributed by atoms with Gasteiger partial charge in [0.05, 0.1) is 11.5 Å². The molecule has 104 valence electrons. The summed E-state index contributed by atoms with van der Waals surface area (Å²) in [7, 11) is 0. The van der Waals surface area contributed by atoms with E-state index in [2.05, 4.69) is 12.2 Å². The Morgan fingerprint density at radius 1 is 1.53 bits per heavy atom. The Morgan fingerprint density at radius 2 is 2.32 bits per heavy atom. The normalized spacial score (nSPS) is 20.4. The summed E-state index contributed by atoms with van der Waals surface area (Å²) in [5.74, 6) is 0.444. The molecule has 0 aliphatic carbocycles. The van der Waals surface area contributed by atoms with Crippen LogP contribution in [0.4, 0.5) is 5.69 Å². The molecule has 1 heterocycles. The van der Waals surface area contributed by atoms with Crippen molar-refractivity contribution in [3.63, 3.8) is 0 Å². The maximum Gasteiger partial charge on any atom is 0.272 e. The van der Waals surface area contributed by atoms with E-state index in [9.17, 15) is 10.1 Å². The Morgan fingerprint density at radius 3 is 2.95 bits per heavy atom. The van der Waals surface area contributed by atoms with E-state index >= 15 is 0 Å². The predicted octanol–water partition coefficient (Wildman–Crippen LogP) is 2.15. The first kappa shape index (κ1) is 14.0. The third-order valence-corrected chi connectivity index (χ3v) is 3.63. The third-order valence-electron chi connectivity index (χ3n) is 3.63. The fraction of sp³-hybridized carbons (Fsp3) is 0.571. The first-order valence-corrected chi connectivity index (χ1v) is 6.75. The zero-order chi connectivity index (χ0) is 13.7. The molecule has 1 aromatic rings. The van der Waals surface area contributed by atoms with Crippen molar-refractivity contribution in [2.24, 2.45) is 5.92 Å². The number of para-hydroxylation sites is 1. The van der Waals surface area contributed by atoms with Gasteiger partial charge in [0.2, 0.25) is 0 Å². The number of nitro benzene ring substituents is 1. The maximum absolute atomic E-state index is 11.0. The average molecular weight is 264 g/mol. The second-order valence-electron chi connectivity index (χ2n) is 4.88. The van der Waals surface area contributed by atoms with Crippen LogP contribution in [0.25, 0.3) is 0 Å². The second kappa shape index (κ2) is 6.63. The molecule has 0 bridgehead atoms. The van der Waals surface area contributed by atoms with Crippen LogP contribution in [-0.4, -0.2) is 30.7 Å². The van der Waals surface area contributed by atoms with Gasteiger partial charge >= 0.3 is 0 Å². The topological polar surface area (TPSA) is 64.4 Å². The van der Waals surface area contributed by atoms with Crippen molar-refractivity contribution in [2.45, 2.75) is 25.8 Å². The van der Waals surface area contributed by atoms with E-state index in [-0.39, 0.29) is 16.7 Å². The third kappa shape index (κ3) is 3.52. The molecule has 1 aliphatic rings. The molecule has 0 saturated carbocycles. The molecule has 0 radical (unpaired) electrons. The monoisotopic (exact) mass is 264 g/mol. The van der Waals surface area contributed by atoms with Crippen LogP contribution in [0.2, 0.25) is 0 Å². The van der Waals surface area contributed by atoms with Crippen molar-refractivity contribution in [2.75, 3.05) is 19.8 Å². The highest BCUT2D eigenvalue weighted by molar-refractivity contribution is 5.40. The van der Waals surface area contributed by atoms with Crippen LogP contribution >= 0.6 is 0 Å². The van der Waals surface area contributed by atoms with Gasteiger partial charge in [-0.2, -0.15) is 0 Å². The largest absolute Gasteiger partial charge is 0.381 e. The molecule has 5 heteroatoms. The number of ether oxygens (including phenoxy) is 1. The van der Waals surface area contributed by atoms with Crippen LogP contribution in [0.15, 0.2) is 24.3 Å². The Balaban J connectivity index is 2.14. The molecule has 1 aliphatic heterocycles. The van der Waals surface area contributed by atoms with E-state index < -0.39 is 0 Å². The number of nitro groups is 1. The maximum atomic E-state index is 11.0. The lowest BCUT2D eigenvalue weighted by atomic mass is 9.92. The van der Waals surface area contributed by atoms with Gasteiger partial charge in [-0.1, -0.05) is 25.1 Å². The summed E-state index contributed by atoms with van der Waals surface area (Å²) in [5, 5.41) is 14.5. The summed E-state index contributed by atoms with van der Waals surface area (Å²) in [6.07, 6.45) is 1.71. The zero-order valence-corrected chi connectivity index (χ0v) is 11.2. The summed E-state index contributed by atoms with van der Waals surface area (Å²) in [5.41, 5.74) is 1.01. The lowest BCUT2D eigenvalue weighted by Crippen LogP contribution is -2.38. The van der Waals surface area contributed by atoms with Crippen molar-refractivity contribution in [3.8, 4) is 0 Å². The van der Waals surface area contributed by atoms with Gasteiger partial charge in [0.1, 0.15) is 0 Å². The molecule has 1 aromatic carbocycles. The summed E-state index contributed by atoms with van der Waals surface area (Å²) in [6.45, 7) is 4.46. The fourth-order valence-electron chi connectivity index (χ4n) is 2.64. The Kier molecular flexibility index (Phi) is 4.87. The highest BCUT2D eigenvalue weighted by Gasteiger charge is 2.27. The van der Waals surface area contributed by atoms with Crippen LogP contribution in [0, 0.1) is 16.0 Å². The standard InChI is InChI=1S/C14H20N2O3/c1-2-15-13(12-7-8-19-10-12)9-11-5-3-4-6-14(11)16(17)18/h3-6,12-13,15H,2,7-10H2,1H3. The second-order valence-corrected chi connectivity index (χ2v) is 4.88. The quantitative estimate of drug-likeness (QED) is 0.631. The molecular weight excluding hydrogens is 244 g/mol. The first-order valence-electron chi connectivity index (χ1n) is 6.75. The van der Waals surface area contributed by atoms with Gasteiger partial charge < -0.3 is 10.1 Å². The number of hydrogen-bond acceptors (Lipinski definition) is 4. The minimum atomic E-state index is -0.302. The number of rotatable bonds is 6. The van der Waals surface area contributed by atoms with Crippen LogP contribution in [0.3, 0.4) is 0 Å². The molecule has 1 fully saturated rings. The van der Waals surface area contributed by atoms with Crippen LogP contribution in [0.5, 0.6) is 0 Å². The molecule has 0 spiro atoms. The lowest BCUT2D eigenvalue weighted by molar-refractivity contribution is -0.385. The van der Waals surface area contributed by atoms with Crippen molar-refractivity contribution in [1.82, 2.24) is 5.32 Å². The average Bonchev–Trinajstić information content (AvgIpc) is 2.92. The molecule has 0 amide bonds. The minimum absolute atomic E-state index is 0.212. The molecule has 19 heavy (non-hydrogen) atoms. The van der Waals surface area contributed by atoms with Crippen molar-refractivity contribution in [1.29, 1.82) is 0 Å². The van der Waals surface area contributed by atoms with Crippen LogP contribution < -0.4 is 5.32 Å².